The maximum Gasteiger partial charge on any atom is 0.254 e. The maximum atomic E-state index is 12.1. The van der Waals surface area contributed by atoms with Gasteiger partial charge in [0.25, 0.3) is 5.91 Å². The van der Waals surface area contributed by atoms with Crippen LogP contribution in [0.15, 0.2) is 12.1 Å². The molecule has 2 rings (SSSR count). The molecule has 1 aromatic rings. The molecule has 1 saturated heterocycles. The predicted octanol–water partition coefficient (Wildman–Crippen LogP) is 1.99. The van der Waals surface area contributed by atoms with Gasteiger partial charge in [0.05, 0.1) is 6.10 Å². The minimum atomic E-state index is -0.302. The quantitative estimate of drug-likeness (QED) is 0.797. The highest BCUT2D eigenvalue weighted by Gasteiger charge is 2.22. The number of aliphatic hydroxyl groups is 1. The van der Waals surface area contributed by atoms with Gasteiger partial charge in [-0.25, -0.2) is 4.98 Å². The number of halogens is 2. The molecule has 0 unspecified atom stereocenters. The fraction of sp³-hybridized carbons (Fsp3) is 0.455. The van der Waals surface area contributed by atoms with Crippen LogP contribution in [0.25, 0.3) is 0 Å². The summed E-state index contributed by atoms with van der Waals surface area (Å²) in [6.45, 7) is 1.11. The van der Waals surface area contributed by atoms with E-state index in [0.717, 1.165) is 0 Å². The third-order valence-corrected chi connectivity index (χ3v) is 3.15. The van der Waals surface area contributed by atoms with E-state index < -0.39 is 0 Å². The third-order valence-electron chi connectivity index (χ3n) is 2.76. The summed E-state index contributed by atoms with van der Waals surface area (Å²) in [5, 5.41) is 9.79. The number of hydrogen-bond donors (Lipinski definition) is 1. The number of likely N-dealkylation sites (tertiary alicyclic amines) is 1. The molecule has 4 nitrogen and oxygen atoms in total. The molecule has 0 bridgehead atoms. The Morgan fingerprint density at radius 2 is 1.82 bits per heavy atom. The number of carbonyl (C=O) groups excluding carboxylic acids is 1. The van der Waals surface area contributed by atoms with Gasteiger partial charge in [0, 0.05) is 18.7 Å². The summed E-state index contributed by atoms with van der Waals surface area (Å²) in [6.07, 6.45) is 0.917. The van der Waals surface area contributed by atoms with Crippen molar-refractivity contribution in [1.82, 2.24) is 9.88 Å². The van der Waals surface area contributed by atoms with Crippen LogP contribution in [0.4, 0.5) is 0 Å². The van der Waals surface area contributed by atoms with Gasteiger partial charge in [0.2, 0.25) is 0 Å². The molecule has 0 atom stereocenters. The maximum absolute atomic E-state index is 12.1. The number of amides is 1. The van der Waals surface area contributed by atoms with Crippen molar-refractivity contribution in [3.63, 3.8) is 0 Å². The summed E-state index contributed by atoms with van der Waals surface area (Å²) in [5.74, 6) is -0.122. The molecular weight excluding hydrogens is 263 g/mol. The number of piperidine rings is 1. The van der Waals surface area contributed by atoms with E-state index in [4.69, 9.17) is 23.2 Å². The van der Waals surface area contributed by atoms with Gasteiger partial charge in [-0.05, 0) is 25.0 Å². The van der Waals surface area contributed by atoms with Crippen molar-refractivity contribution in [3.8, 4) is 0 Å². The van der Waals surface area contributed by atoms with Gasteiger partial charge in [0.15, 0.2) is 0 Å². The lowest BCUT2D eigenvalue weighted by atomic mass is 10.1. The van der Waals surface area contributed by atoms with Gasteiger partial charge in [-0.1, -0.05) is 23.2 Å². The average molecular weight is 275 g/mol. The molecule has 1 amide bonds. The van der Waals surface area contributed by atoms with Crippen LogP contribution in [0.1, 0.15) is 23.2 Å². The van der Waals surface area contributed by atoms with E-state index in [0.29, 0.717) is 31.5 Å². The molecule has 1 aliphatic rings. The first kappa shape index (κ1) is 12.6. The van der Waals surface area contributed by atoms with Crippen molar-refractivity contribution in [3.05, 3.63) is 28.0 Å². The van der Waals surface area contributed by atoms with E-state index in [1.54, 1.807) is 4.90 Å². The first-order valence-electron chi connectivity index (χ1n) is 5.36. The number of pyridine rings is 1. The van der Waals surface area contributed by atoms with Crippen LogP contribution in [0.3, 0.4) is 0 Å². The number of aliphatic hydroxyl groups excluding tert-OH is 1. The smallest absolute Gasteiger partial charge is 0.254 e. The molecule has 1 fully saturated rings. The number of nitrogens with zero attached hydrogens (tertiary/aromatic N) is 2. The second-order valence-corrected chi connectivity index (χ2v) is 4.80. The Balaban J connectivity index is 2.14. The van der Waals surface area contributed by atoms with Crippen LogP contribution >= 0.6 is 23.2 Å². The van der Waals surface area contributed by atoms with Gasteiger partial charge < -0.3 is 10.0 Å². The highest BCUT2D eigenvalue weighted by atomic mass is 35.5. The summed E-state index contributed by atoms with van der Waals surface area (Å²) in [6, 6.07) is 3.00. The summed E-state index contributed by atoms with van der Waals surface area (Å²) in [4.78, 5) is 17.6. The number of hydrogen-bond acceptors (Lipinski definition) is 3. The van der Waals surface area contributed by atoms with Crippen molar-refractivity contribution in [2.75, 3.05) is 13.1 Å². The molecule has 0 aliphatic carbocycles. The molecule has 1 aliphatic heterocycles. The van der Waals surface area contributed by atoms with Crippen LogP contribution in [-0.2, 0) is 0 Å². The van der Waals surface area contributed by atoms with Crippen molar-refractivity contribution >= 4 is 29.1 Å². The Kier molecular flexibility index (Phi) is 3.86. The number of rotatable bonds is 1. The first-order chi connectivity index (χ1) is 8.06. The van der Waals surface area contributed by atoms with E-state index in [1.165, 1.54) is 12.1 Å². The zero-order chi connectivity index (χ0) is 12.4. The second kappa shape index (κ2) is 5.21. The largest absolute Gasteiger partial charge is 0.393 e. The fourth-order valence-electron chi connectivity index (χ4n) is 1.84. The summed E-state index contributed by atoms with van der Waals surface area (Å²) in [7, 11) is 0. The third kappa shape index (κ3) is 3.09. The zero-order valence-electron chi connectivity index (χ0n) is 9.07. The topological polar surface area (TPSA) is 53.4 Å². The lowest BCUT2D eigenvalue weighted by Crippen LogP contribution is -2.40. The zero-order valence-corrected chi connectivity index (χ0v) is 10.6. The highest BCUT2D eigenvalue weighted by Crippen LogP contribution is 2.18. The first-order valence-corrected chi connectivity index (χ1v) is 6.12. The van der Waals surface area contributed by atoms with E-state index in [1.807, 2.05) is 0 Å². The molecule has 0 radical (unpaired) electrons. The Morgan fingerprint density at radius 1 is 1.29 bits per heavy atom. The summed E-state index contributed by atoms with van der Waals surface area (Å²) in [5.41, 5.74) is 0.436. The molecular formula is C11H12Cl2N2O2. The molecule has 0 aromatic carbocycles. The van der Waals surface area contributed by atoms with Crippen LogP contribution < -0.4 is 0 Å². The molecule has 17 heavy (non-hydrogen) atoms. The van der Waals surface area contributed by atoms with Gasteiger partial charge in [-0.2, -0.15) is 0 Å². The van der Waals surface area contributed by atoms with E-state index >= 15 is 0 Å². The molecule has 2 heterocycles. The van der Waals surface area contributed by atoms with E-state index in [2.05, 4.69) is 4.98 Å². The summed E-state index contributed by atoms with van der Waals surface area (Å²) >= 11 is 11.5. The lowest BCUT2D eigenvalue weighted by molar-refractivity contribution is 0.0546. The predicted molar refractivity (Wildman–Crippen MR) is 65.4 cm³/mol. The number of aromatic nitrogens is 1. The van der Waals surface area contributed by atoms with Gasteiger partial charge in [0.1, 0.15) is 10.3 Å². The van der Waals surface area contributed by atoms with Crippen LogP contribution in [-0.4, -0.2) is 40.1 Å². The molecule has 0 spiro atoms. The summed E-state index contributed by atoms with van der Waals surface area (Å²) < 4.78 is 0. The van der Waals surface area contributed by atoms with Gasteiger partial charge in [-0.15, -0.1) is 0 Å². The van der Waals surface area contributed by atoms with Crippen molar-refractivity contribution < 1.29 is 9.90 Å². The monoisotopic (exact) mass is 274 g/mol. The van der Waals surface area contributed by atoms with Crippen LogP contribution in [0.2, 0.25) is 10.3 Å². The standard InChI is InChI=1S/C11H12Cl2N2O2/c12-9-5-7(6-10(13)14-9)11(17)15-3-1-8(16)2-4-15/h5-6,8,16H,1-4H2. The highest BCUT2D eigenvalue weighted by molar-refractivity contribution is 6.33. The molecule has 6 heteroatoms. The van der Waals surface area contributed by atoms with Crippen LogP contribution in [0, 0.1) is 0 Å². The van der Waals surface area contributed by atoms with Crippen molar-refractivity contribution in [2.45, 2.75) is 18.9 Å². The minimum Gasteiger partial charge on any atom is -0.393 e. The van der Waals surface area contributed by atoms with Crippen molar-refractivity contribution in [2.24, 2.45) is 0 Å². The average Bonchev–Trinajstić information content (AvgIpc) is 2.28. The Hall–Kier alpha value is -0.840. The van der Waals surface area contributed by atoms with Crippen molar-refractivity contribution in [1.29, 1.82) is 0 Å². The number of carbonyl (C=O) groups is 1. The molecule has 92 valence electrons. The lowest BCUT2D eigenvalue weighted by Gasteiger charge is -2.29. The van der Waals surface area contributed by atoms with Gasteiger partial charge in [-0.3, -0.25) is 4.79 Å². The Labute approximate surface area is 109 Å². The Morgan fingerprint density at radius 3 is 2.35 bits per heavy atom. The minimum absolute atomic E-state index is 0.122. The van der Waals surface area contributed by atoms with E-state index in [9.17, 15) is 9.90 Å². The van der Waals surface area contributed by atoms with E-state index in [-0.39, 0.29) is 22.3 Å². The second-order valence-electron chi connectivity index (χ2n) is 4.02. The normalized spacial score (nSPS) is 17.2. The van der Waals surface area contributed by atoms with Gasteiger partial charge >= 0.3 is 0 Å². The molecule has 0 saturated carbocycles. The Bertz CT molecular complexity index is 411. The fourth-order valence-corrected chi connectivity index (χ4v) is 2.30. The molecule has 1 N–H and O–H groups in total. The van der Waals surface area contributed by atoms with Crippen LogP contribution in [0.5, 0.6) is 0 Å². The molecule has 1 aromatic heterocycles. The SMILES string of the molecule is O=C(c1cc(Cl)nc(Cl)c1)N1CCC(O)CC1.